The molecule has 1 aromatic heterocycles. The molecule has 0 radical (unpaired) electrons. The number of imidazole rings is 1. The third kappa shape index (κ3) is 2.25. The molecule has 1 unspecified atom stereocenters. The molecule has 1 heterocycles. The minimum atomic E-state index is 0.372. The molecule has 1 aliphatic carbocycles. The smallest absolute Gasteiger partial charge is 0.108 e. The fourth-order valence-electron chi connectivity index (χ4n) is 1.60. The molecule has 3 heteroatoms. The van der Waals surface area contributed by atoms with Gasteiger partial charge < -0.3 is 4.57 Å². The molecule has 1 fully saturated rings. The van der Waals surface area contributed by atoms with Gasteiger partial charge in [-0.05, 0) is 25.2 Å². The first-order valence-corrected chi connectivity index (χ1v) is 5.31. The highest BCUT2D eigenvalue weighted by Crippen LogP contribution is 2.37. The van der Waals surface area contributed by atoms with Crippen molar-refractivity contribution >= 4 is 11.6 Å². The average molecular weight is 199 g/mol. The van der Waals surface area contributed by atoms with Gasteiger partial charge in [-0.2, -0.15) is 0 Å². The molecule has 0 N–H and O–H groups in total. The van der Waals surface area contributed by atoms with Crippen LogP contribution in [0.3, 0.4) is 0 Å². The van der Waals surface area contributed by atoms with Crippen molar-refractivity contribution in [1.82, 2.24) is 9.55 Å². The fourth-order valence-corrected chi connectivity index (χ4v) is 1.96. The van der Waals surface area contributed by atoms with Gasteiger partial charge in [0.2, 0.25) is 0 Å². The third-order valence-corrected chi connectivity index (χ3v) is 3.27. The van der Waals surface area contributed by atoms with Gasteiger partial charge in [0, 0.05) is 31.2 Å². The second kappa shape index (κ2) is 3.70. The van der Waals surface area contributed by atoms with Crippen molar-refractivity contribution in [2.24, 2.45) is 13.0 Å². The topological polar surface area (TPSA) is 17.8 Å². The van der Waals surface area contributed by atoms with Crippen molar-refractivity contribution in [2.75, 3.05) is 0 Å². The van der Waals surface area contributed by atoms with Gasteiger partial charge in [0.05, 0.1) is 0 Å². The lowest BCUT2D eigenvalue weighted by Gasteiger charge is -2.06. The van der Waals surface area contributed by atoms with E-state index in [1.54, 1.807) is 0 Å². The van der Waals surface area contributed by atoms with E-state index in [2.05, 4.69) is 9.55 Å². The molecule has 0 aromatic carbocycles. The van der Waals surface area contributed by atoms with Crippen LogP contribution in [0.1, 0.15) is 25.1 Å². The van der Waals surface area contributed by atoms with E-state index < -0.39 is 0 Å². The summed E-state index contributed by atoms with van der Waals surface area (Å²) in [7, 11) is 2.03. The Hall–Kier alpha value is -0.500. The molecule has 13 heavy (non-hydrogen) atoms. The number of aromatic nitrogens is 2. The summed E-state index contributed by atoms with van der Waals surface area (Å²) in [5, 5.41) is 0.372. The number of halogens is 1. The summed E-state index contributed by atoms with van der Waals surface area (Å²) in [4.78, 5) is 4.27. The SMILES string of the molecule is Cn1ccnc1CCC(Cl)C1CC1. The van der Waals surface area contributed by atoms with E-state index in [0.717, 1.165) is 24.6 Å². The van der Waals surface area contributed by atoms with Gasteiger partial charge >= 0.3 is 0 Å². The summed E-state index contributed by atoms with van der Waals surface area (Å²) in [6, 6.07) is 0. The number of alkyl halides is 1. The van der Waals surface area contributed by atoms with Gasteiger partial charge in [0.25, 0.3) is 0 Å². The van der Waals surface area contributed by atoms with Gasteiger partial charge in [-0.15, -0.1) is 11.6 Å². The summed E-state index contributed by atoms with van der Waals surface area (Å²) in [6.45, 7) is 0. The van der Waals surface area contributed by atoms with Crippen LogP contribution in [0.5, 0.6) is 0 Å². The van der Waals surface area contributed by atoms with E-state index in [9.17, 15) is 0 Å². The van der Waals surface area contributed by atoms with Crippen LogP contribution in [-0.2, 0) is 13.5 Å². The summed E-state index contributed by atoms with van der Waals surface area (Å²) in [5.41, 5.74) is 0. The predicted octanol–water partition coefficient (Wildman–Crippen LogP) is 2.37. The van der Waals surface area contributed by atoms with Gasteiger partial charge in [-0.1, -0.05) is 0 Å². The van der Waals surface area contributed by atoms with Crippen LogP contribution in [0.25, 0.3) is 0 Å². The zero-order valence-corrected chi connectivity index (χ0v) is 8.67. The molecule has 1 aromatic rings. The Bertz CT molecular complexity index is 278. The van der Waals surface area contributed by atoms with Crippen LogP contribution in [0.4, 0.5) is 0 Å². The summed E-state index contributed by atoms with van der Waals surface area (Å²) in [5.74, 6) is 1.94. The minimum absolute atomic E-state index is 0.372. The number of nitrogens with zero attached hydrogens (tertiary/aromatic N) is 2. The van der Waals surface area contributed by atoms with Crippen LogP contribution >= 0.6 is 11.6 Å². The van der Waals surface area contributed by atoms with Crippen LogP contribution in [0, 0.1) is 5.92 Å². The van der Waals surface area contributed by atoms with E-state index in [1.165, 1.54) is 12.8 Å². The molecular weight excluding hydrogens is 184 g/mol. The Balaban J connectivity index is 1.81. The monoisotopic (exact) mass is 198 g/mol. The quantitative estimate of drug-likeness (QED) is 0.680. The molecule has 1 aliphatic rings. The fraction of sp³-hybridized carbons (Fsp3) is 0.700. The Labute approximate surface area is 83.9 Å². The molecule has 0 saturated heterocycles. The van der Waals surface area contributed by atoms with Gasteiger partial charge in [0.15, 0.2) is 0 Å². The van der Waals surface area contributed by atoms with E-state index in [0.29, 0.717) is 5.38 Å². The maximum absolute atomic E-state index is 6.21. The third-order valence-electron chi connectivity index (χ3n) is 2.70. The lowest BCUT2D eigenvalue weighted by atomic mass is 10.1. The lowest BCUT2D eigenvalue weighted by molar-refractivity contribution is 0.644. The van der Waals surface area contributed by atoms with Crippen molar-refractivity contribution in [3.05, 3.63) is 18.2 Å². The van der Waals surface area contributed by atoms with Crippen molar-refractivity contribution in [1.29, 1.82) is 0 Å². The van der Waals surface area contributed by atoms with Crippen molar-refractivity contribution < 1.29 is 0 Å². The Morgan fingerprint density at radius 3 is 3.00 bits per heavy atom. The molecule has 1 saturated carbocycles. The maximum Gasteiger partial charge on any atom is 0.108 e. The van der Waals surface area contributed by atoms with E-state index in [4.69, 9.17) is 11.6 Å². The summed E-state index contributed by atoms with van der Waals surface area (Å²) >= 11 is 6.21. The normalized spacial score (nSPS) is 18.9. The zero-order valence-electron chi connectivity index (χ0n) is 7.91. The molecule has 0 spiro atoms. The van der Waals surface area contributed by atoms with Crippen molar-refractivity contribution in [3.8, 4) is 0 Å². The van der Waals surface area contributed by atoms with Crippen LogP contribution in [0.15, 0.2) is 12.4 Å². The van der Waals surface area contributed by atoms with Crippen LogP contribution in [-0.4, -0.2) is 14.9 Å². The molecule has 1 atom stereocenters. The van der Waals surface area contributed by atoms with Crippen molar-refractivity contribution in [2.45, 2.75) is 31.1 Å². The van der Waals surface area contributed by atoms with Gasteiger partial charge in [-0.25, -0.2) is 4.98 Å². The minimum Gasteiger partial charge on any atom is -0.338 e. The summed E-state index contributed by atoms with van der Waals surface area (Å²) < 4.78 is 2.07. The maximum atomic E-state index is 6.21. The highest BCUT2D eigenvalue weighted by Gasteiger charge is 2.29. The first kappa shape index (κ1) is 9.07. The highest BCUT2D eigenvalue weighted by molar-refractivity contribution is 6.20. The Morgan fingerprint density at radius 2 is 2.46 bits per heavy atom. The Morgan fingerprint density at radius 1 is 1.69 bits per heavy atom. The van der Waals surface area contributed by atoms with E-state index in [-0.39, 0.29) is 0 Å². The Kier molecular flexibility index (Phi) is 2.58. The van der Waals surface area contributed by atoms with Gasteiger partial charge in [-0.3, -0.25) is 0 Å². The van der Waals surface area contributed by atoms with E-state index in [1.807, 2.05) is 19.4 Å². The average Bonchev–Trinajstić information content (AvgIpc) is 2.88. The number of rotatable bonds is 4. The molecule has 72 valence electrons. The first-order valence-electron chi connectivity index (χ1n) is 4.87. The lowest BCUT2D eigenvalue weighted by Crippen LogP contribution is -2.06. The second-order valence-corrected chi connectivity index (χ2v) is 4.41. The standard InChI is InChI=1S/C10H15ClN2/c1-13-7-6-12-10(13)5-4-9(11)8-2-3-8/h6-9H,2-5H2,1H3. The molecule has 0 amide bonds. The predicted molar refractivity (Wildman–Crippen MR) is 53.9 cm³/mol. The number of hydrogen-bond acceptors (Lipinski definition) is 1. The van der Waals surface area contributed by atoms with Crippen LogP contribution in [0.2, 0.25) is 0 Å². The molecule has 0 bridgehead atoms. The second-order valence-electron chi connectivity index (χ2n) is 3.85. The summed E-state index contributed by atoms with van der Waals surface area (Å²) in [6.07, 6.45) is 8.56. The molecule has 2 rings (SSSR count). The zero-order chi connectivity index (χ0) is 9.26. The largest absolute Gasteiger partial charge is 0.338 e. The molecule has 0 aliphatic heterocycles. The van der Waals surface area contributed by atoms with E-state index >= 15 is 0 Å². The highest BCUT2D eigenvalue weighted by atomic mass is 35.5. The van der Waals surface area contributed by atoms with Gasteiger partial charge in [0.1, 0.15) is 5.82 Å². The van der Waals surface area contributed by atoms with Crippen LogP contribution < -0.4 is 0 Å². The first-order chi connectivity index (χ1) is 6.27. The number of aryl methyl sites for hydroxylation is 2. The molecular formula is C10H15ClN2. The van der Waals surface area contributed by atoms with Crippen molar-refractivity contribution in [3.63, 3.8) is 0 Å². The number of hydrogen-bond donors (Lipinski definition) is 0. The molecule has 2 nitrogen and oxygen atoms in total.